The number of benzene rings is 2. The molecule has 1 heterocycles. The summed E-state index contributed by atoms with van der Waals surface area (Å²) in [5.41, 5.74) is 3.63. The molecule has 2 aromatic rings. The number of aryl methyl sites for hydroxylation is 1. The van der Waals surface area contributed by atoms with Gasteiger partial charge in [-0.05, 0) is 18.6 Å². The zero-order valence-corrected chi connectivity index (χ0v) is 14.0. The second-order valence-electron chi connectivity index (χ2n) is 5.88. The molecule has 1 atom stereocenters. The maximum atomic E-state index is 12.9. The molecule has 24 heavy (non-hydrogen) atoms. The normalized spacial score (nSPS) is 16.0. The quantitative estimate of drug-likeness (QED) is 0.941. The highest BCUT2D eigenvalue weighted by molar-refractivity contribution is 6.06. The fourth-order valence-corrected chi connectivity index (χ4v) is 3.19. The number of hydrogen-bond donors (Lipinski definition) is 1. The van der Waals surface area contributed by atoms with E-state index in [1.165, 1.54) is 6.92 Å². The second kappa shape index (κ2) is 6.35. The first-order valence-electron chi connectivity index (χ1n) is 7.83. The molecule has 1 aliphatic rings. The molecule has 0 spiro atoms. The minimum absolute atomic E-state index is 0.125. The Bertz CT molecular complexity index is 801. The van der Waals surface area contributed by atoms with Crippen molar-refractivity contribution >= 4 is 17.5 Å². The van der Waals surface area contributed by atoms with Crippen molar-refractivity contribution in [2.75, 3.05) is 12.0 Å². The molecule has 5 nitrogen and oxygen atoms in total. The second-order valence-corrected chi connectivity index (χ2v) is 5.88. The highest BCUT2D eigenvalue weighted by Gasteiger charge is 2.38. The van der Waals surface area contributed by atoms with Gasteiger partial charge in [0.15, 0.2) is 0 Å². The van der Waals surface area contributed by atoms with E-state index in [1.54, 1.807) is 12.0 Å². The molecule has 3 rings (SSSR count). The fourth-order valence-electron chi connectivity index (χ4n) is 3.19. The van der Waals surface area contributed by atoms with Gasteiger partial charge in [-0.15, -0.1) is 0 Å². The lowest BCUT2D eigenvalue weighted by atomic mass is 10.0. The van der Waals surface area contributed by atoms with Crippen molar-refractivity contribution < 1.29 is 14.3 Å². The first-order valence-corrected chi connectivity index (χ1v) is 7.83. The van der Waals surface area contributed by atoms with Gasteiger partial charge in [0.2, 0.25) is 5.91 Å². The number of nitrogens with zero attached hydrogens (tertiary/aromatic N) is 1. The molecule has 1 N–H and O–H groups in total. The van der Waals surface area contributed by atoms with E-state index in [2.05, 4.69) is 5.32 Å². The van der Waals surface area contributed by atoms with E-state index in [1.807, 2.05) is 49.4 Å². The molecule has 0 bridgehead atoms. The number of carbonyl (C=O) groups is 2. The van der Waals surface area contributed by atoms with Gasteiger partial charge >= 0.3 is 0 Å². The standard InChI is InChI=1S/C19H20N2O3/c1-12-7-6-9-15-17(20-13(2)22)19(23)21(18(12)15)11-14-8-4-5-10-16(14)24-3/h4-10,17H,11H2,1-3H3,(H,20,22)/t17-/m0/s1. The SMILES string of the molecule is COc1ccccc1CN1C(=O)[C@@H](NC(C)=O)c2cccc(C)c21. The number of para-hydroxylation sites is 2. The summed E-state index contributed by atoms with van der Waals surface area (Å²) in [7, 11) is 1.62. The van der Waals surface area contributed by atoms with Crippen molar-refractivity contribution in [1.82, 2.24) is 5.32 Å². The third kappa shape index (κ3) is 2.73. The van der Waals surface area contributed by atoms with Gasteiger partial charge in [0.1, 0.15) is 11.8 Å². The van der Waals surface area contributed by atoms with Crippen LogP contribution in [-0.2, 0) is 16.1 Å². The van der Waals surface area contributed by atoms with E-state index in [0.29, 0.717) is 6.54 Å². The van der Waals surface area contributed by atoms with Gasteiger partial charge in [0.25, 0.3) is 5.91 Å². The lowest BCUT2D eigenvalue weighted by Crippen LogP contribution is -2.36. The van der Waals surface area contributed by atoms with Gasteiger partial charge in [-0.3, -0.25) is 9.59 Å². The van der Waals surface area contributed by atoms with Gasteiger partial charge in [0.05, 0.1) is 19.3 Å². The third-order valence-electron chi connectivity index (χ3n) is 4.23. The summed E-state index contributed by atoms with van der Waals surface area (Å²) in [5.74, 6) is 0.392. The number of nitrogens with one attached hydrogen (secondary N) is 1. The Morgan fingerprint density at radius 3 is 2.67 bits per heavy atom. The zero-order valence-electron chi connectivity index (χ0n) is 14.0. The number of hydrogen-bond acceptors (Lipinski definition) is 3. The molecule has 0 saturated carbocycles. The van der Waals surface area contributed by atoms with Crippen molar-refractivity contribution in [2.24, 2.45) is 0 Å². The molecule has 0 fully saturated rings. The van der Waals surface area contributed by atoms with E-state index in [4.69, 9.17) is 4.74 Å². The van der Waals surface area contributed by atoms with Gasteiger partial charge in [0, 0.05) is 18.1 Å². The first kappa shape index (κ1) is 16.1. The largest absolute Gasteiger partial charge is 0.496 e. The average Bonchev–Trinajstić information content (AvgIpc) is 2.82. The predicted octanol–water partition coefficient (Wildman–Crippen LogP) is 2.73. The summed E-state index contributed by atoms with van der Waals surface area (Å²) in [5, 5.41) is 2.76. The predicted molar refractivity (Wildman–Crippen MR) is 91.9 cm³/mol. The molecule has 0 unspecified atom stereocenters. The first-order chi connectivity index (χ1) is 11.5. The Kier molecular flexibility index (Phi) is 4.25. The van der Waals surface area contributed by atoms with Crippen LogP contribution in [0.5, 0.6) is 5.75 Å². The van der Waals surface area contributed by atoms with E-state index >= 15 is 0 Å². The molecule has 0 aromatic heterocycles. The van der Waals surface area contributed by atoms with Crippen molar-refractivity contribution in [1.29, 1.82) is 0 Å². The number of ether oxygens (including phenoxy) is 1. The Labute approximate surface area is 141 Å². The van der Waals surface area contributed by atoms with Crippen molar-refractivity contribution in [2.45, 2.75) is 26.4 Å². The summed E-state index contributed by atoms with van der Waals surface area (Å²) in [4.78, 5) is 26.2. The van der Waals surface area contributed by atoms with E-state index in [-0.39, 0.29) is 11.8 Å². The Morgan fingerprint density at radius 2 is 1.96 bits per heavy atom. The molecule has 2 aromatic carbocycles. The number of rotatable bonds is 4. The van der Waals surface area contributed by atoms with E-state index in [0.717, 1.165) is 28.1 Å². The van der Waals surface area contributed by atoms with Crippen LogP contribution in [0.15, 0.2) is 42.5 Å². The fraction of sp³-hybridized carbons (Fsp3) is 0.263. The Hall–Kier alpha value is -2.82. The summed E-state index contributed by atoms with van der Waals surface area (Å²) < 4.78 is 5.39. The lowest BCUT2D eigenvalue weighted by molar-refractivity contribution is -0.126. The number of fused-ring (bicyclic) bond motifs is 1. The van der Waals surface area contributed by atoms with Crippen LogP contribution in [0.25, 0.3) is 0 Å². The van der Waals surface area contributed by atoms with Crippen LogP contribution in [0.4, 0.5) is 5.69 Å². The summed E-state index contributed by atoms with van der Waals surface area (Å²) in [6.07, 6.45) is 0. The minimum Gasteiger partial charge on any atom is -0.496 e. The Balaban J connectivity index is 2.02. The molecular formula is C19H20N2O3. The van der Waals surface area contributed by atoms with Crippen molar-refractivity contribution in [3.8, 4) is 5.75 Å². The van der Waals surface area contributed by atoms with Gasteiger partial charge in [-0.2, -0.15) is 0 Å². The van der Waals surface area contributed by atoms with Crippen LogP contribution in [0.3, 0.4) is 0 Å². The lowest BCUT2D eigenvalue weighted by Gasteiger charge is -2.21. The van der Waals surface area contributed by atoms with Gasteiger partial charge in [-0.1, -0.05) is 36.4 Å². The number of carbonyl (C=O) groups excluding carboxylic acids is 2. The van der Waals surface area contributed by atoms with E-state index < -0.39 is 6.04 Å². The number of amides is 2. The highest BCUT2D eigenvalue weighted by atomic mass is 16.5. The average molecular weight is 324 g/mol. The van der Waals surface area contributed by atoms with Crippen LogP contribution >= 0.6 is 0 Å². The van der Waals surface area contributed by atoms with Gasteiger partial charge in [-0.25, -0.2) is 0 Å². The van der Waals surface area contributed by atoms with Crippen molar-refractivity contribution in [3.05, 3.63) is 59.2 Å². The summed E-state index contributed by atoms with van der Waals surface area (Å²) in [6.45, 7) is 3.79. The number of methoxy groups -OCH3 is 1. The molecule has 2 amide bonds. The Morgan fingerprint density at radius 1 is 1.21 bits per heavy atom. The molecule has 5 heteroatoms. The van der Waals surface area contributed by atoms with Crippen LogP contribution in [0.2, 0.25) is 0 Å². The molecule has 124 valence electrons. The van der Waals surface area contributed by atoms with Crippen LogP contribution in [-0.4, -0.2) is 18.9 Å². The van der Waals surface area contributed by atoms with E-state index in [9.17, 15) is 9.59 Å². The maximum Gasteiger partial charge on any atom is 0.254 e. The minimum atomic E-state index is -0.632. The highest BCUT2D eigenvalue weighted by Crippen LogP contribution is 2.39. The van der Waals surface area contributed by atoms with Crippen molar-refractivity contribution in [3.63, 3.8) is 0 Å². The summed E-state index contributed by atoms with van der Waals surface area (Å²) >= 11 is 0. The van der Waals surface area contributed by atoms with Crippen LogP contribution in [0.1, 0.15) is 29.7 Å². The molecular weight excluding hydrogens is 304 g/mol. The van der Waals surface area contributed by atoms with Gasteiger partial charge < -0.3 is 15.0 Å². The monoisotopic (exact) mass is 324 g/mol. The van der Waals surface area contributed by atoms with Crippen LogP contribution < -0.4 is 15.0 Å². The zero-order chi connectivity index (χ0) is 17.3. The molecule has 0 aliphatic carbocycles. The van der Waals surface area contributed by atoms with Crippen LogP contribution in [0, 0.1) is 6.92 Å². The molecule has 0 radical (unpaired) electrons. The molecule has 1 aliphatic heterocycles. The third-order valence-corrected chi connectivity index (χ3v) is 4.23. The maximum absolute atomic E-state index is 12.9. The topological polar surface area (TPSA) is 58.6 Å². The number of anilines is 1. The smallest absolute Gasteiger partial charge is 0.254 e. The summed E-state index contributed by atoms with van der Waals surface area (Å²) in [6, 6.07) is 12.8. The molecule has 0 saturated heterocycles.